The van der Waals surface area contributed by atoms with Crippen molar-refractivity contribution in [2.45, 2.75) is 0 Å². The molecule has 1 aromatic carbocycles. The summed E-state index contributed by atoms with van der Waals surface area (Å²) in [5, 5.41) is 14.9. The topological polar surface area (TPSA) is 78.9 Å². The zero-order valence-corrected chi connectivity index (χ0v) is 12.0. The van der Waals surface area contributed by atoms with Gasteiger partial charge in [0, 0.05) is 18.0 Å². The number of methoxy groups -OCH3 is 2. The first kappa shape index (κ1) is 14.1. The van der Waals surface area contributed by atoms with Crippen LogP contribution in [0.25, 0.3) is 11.3 Å². The third kappa shape index (κ3) is 2.64. The first-order valence-electron chi connectivity index (χ1n) is 5.62. The summed E-state index contributed by atoms with van der Waals surface area (Å²) in [4.78, 5) is 10.8. The number of thiazole rings is 1. The highest BCUT2D eigenvalue weighted by molar-refractivity contribution is 7.07. The molecule has 0 N–H and O–H groups in total. The van der Waals surface area contributed by atoms with Crippen molar-refractivity contribution in [2.24, 2.45) is 12.1 Å². The number of rotatable bonds is 4. The minimum absolute atomic E-state index is 0.301. The number of benzene rings is 1. The molecule has 20 heavy (non-hydrogen) atoms. The van der Waals surface area contributed by atoms with Crippen LogP contribution in [-0.2, 0) is 7.05 Å². The summed E-state index contributed by atoms with van der Waals surface area (Å²) in [7, 11) is 4.86. The molecule has 0 saturated heterocycles. The molecule has 0 aliphatic rings. The summed E-state index contributed by atoms with van der Waals surface area (Å²) in [5.74, 6) is 1.34. The number of ether oxygens (including phenoxy) is 2. The fraction of sp³-hybridized carbons (Fsp3) is 0.250. The van der Waals surface area contributed by atoms with E-state index in [0.717, 1.165) is 11.3 Å². The highest BCUT2D eigenvalue weighted by Gasteiger charge is 2.13. The highest BCUT2D eigenvalue weighted by atomic mass is 32.1. The average Bonchev–Trinajstić information content (AvgIpc) is 2.78. The molecule has 1 aromatic heterocycles. The lowest BCUT2D eigenvalue weighted by atomic mass is 10.1. The largest absolute Gasteiger partial charge is 0.497 e. The Morgan fingerprint density at radius 1 is 1.35 bits per heavy atom. The van der Waals surface area contributed by atoms with E-state index in [0.29, 0.717) is 16.3 Å². The lowest BCUT2D eigenvalue weighted by molar-refractivity contribution is -0.490. The maximum absolute atomic E-state index is 10.5. The standard InChI is InChI=1S/C12H13N3O4S/c1-14-10(7-20-12(14)13-15(16)17)9-6-8(18-2)4-5-11(9)19-3/h4-7H,1-3H3/b13-12-. The van der Waals surface area contributed by atoms with E-state index < -0.39 is 5.03 Å². The van der Waals surface area contributed by atoms with Gasteiger partial charge in [0.05, 0.1) is 25.0 Å². The Morgan fingerprint density at radius 3 is 2.70 bits per heavy atom. The number of aromatic nitrogens is 1. The van der Waals surface area contributed by atoms with Gasteiger partial charge in [0.15, 0.2) is 5.03 Å². The van der Waals surface area contributed by atoms with Crippen molar-refractivity contribution in [2.75, 3.05) is 14.2 Å². The van der Waals surface area contributed by atoms with Crippen molar-refractivity contribution in [3.8, 4) is 22.8 Å². The quantitative estimate of drug-likeness (QED) is 0.637. The Morgan fingerprint density at radius 2 is 2.10 bits per heavy atom. The molecule has 0 unspecified atom stereocenters. The van der Waals surface area contributed by atoms with Gasteiger partial charge in [-0.1, -0.05) is 11.3 Å². The van der Waals surface area contributed by atoms with Crippen LogP contribution in [0.5, 0.6) is 11.5 Å². The Labute approximate surface area is 118 Å². The Bertz CT molecular complexity index is 705. The molecule has 0 radical (unpaired) electrons. The van der Waals surface area contributed by atoms with E-state index in [2.05, 4.69) is 5.10 Å². The van der Waals surface area contributed by atoms with Crippen LogP contribution in [0.2, 0.25) is 0 Å². The lowest BCUT2D eigenvalue weighted by Gasteiger charge is -2.10. The second-order valence-corrected chi connectivity index (χ2v) is 4.70. The predicted octanol–water partition coefficient (Wildman–Crippen LogP) is 1.86. The van der Waals surface area contributed by atoms with Crippen molar-refractivity contribution < 1.29 is 14.5 Å². The van der Waals surface area contributed by atoms with Crippen LogP contribution in [-0.4, -0.2) is 23.8 Å². The highest BCUT2D eigenvalue weighted by Crippen LogP contribution is 2.33. The number of nitrogens with zero attached hydrogens (tertiary/aromatic N) is 3. The first-order chi connectivity index (χ1) is 9.56. The molecule has 0 fully saturated rings. The van der Waals surface area contributed by atoms with Gasteiger partial charge in [-0.25, -0.2) is 10.1 Å². The average molecular weight is 295 g/mol. The van der Waals surface area contributed by atoms with E-state index in [1.165, 1.54) is 11.3 Å². The van der Waals surface area contributed by atoms with Crippen LogP contribution < -0.4 is 14.3 Å². The van der Waals surface area contributed by atoms with Crippen molar-refractivity contribution in [3.05, 3.63) is 38.5 Å². The van der Waals surface area contributed by atoms with E-state index in [4.69, 9.17) is 9.47 Å². The SMILES string of the molecule is COc1ccc(OC)c(-c2cs/c(=N\[N+](=O)[O-])n2C)c1. The number of nitro groups is 1. The Kier molecular flexibility index (Phi) is 4.04. The lowest BCUT2D eigenvalue weighted by Crippen LogP contribution is -2.13. The molecule has 106 valence electrons. The van der Waals surface area contributed by atoms with E-state index in [9.17, 15) is 10.1 Å². The van der Waals surface area contributed by atoms with Crippen LogP contribution in [0, 0.1) is 10.1 Å². The monoisotopic (exact) mass is 295 g/mol. The molecule has 0 aliphatic carbocycles. The van der Waals surface area contributed by atoms with E-state index in [-0.39, 0.29) is 0 Å². The van der Waals surface area contributed by atoms with Gasteiger partial charge in [0.25, 0.3) is 4.80 Å². The molecule has 0 bridgehead atoms. The maximum atomic E-state index is 10.5. The summed E-state index contributed by atoms with van der Waals surface area (Å²) in [6.45, 7) is 0. The third-order valence-electron chi connectivity index (χ3n) is 2.77. The number of hydrogen-bond acceptors (Lipinski definition) is 5. The van der Waals surface area contributed by atoms with Crippen molar-refractivity contribution >= 4 is 11.3 Å². The normalized spacial score (nSPS) is 11.4. The smallest absolute Gasteiger partial charge is 0.262 e. The second-order valence-electron chi connectivity index (χ2n) is 3.87. The molecule has 2 aromatic rings. The van der Waals surface area contributed by atoms with Gasteiger partial charge in [-0.05, 0) is 18.2 Å². The molecule has 0 amide bonds. The summed E-state index contributed by atoms with van der Waals surface area (Å²) in [6, 6.07) is 5.39. The van der Waals surface area contributed by atoms with Crippen LogP contribution in [0.1, 0.15) is 0 Å². The third-order valence-corrected chi connectivity index (χ3v) is 3.68. The van der Waals surface area contributed by atoms with Gasteiger partial charge in [-0.15, -0.1) is 0 Å². The summed E-state index contributed by atoms with van der Waals surface area (Å²) < 4.78 is 12.2. The van der Waals surface area contributed by atoms with E-state index in [1.54, 1.807) is 43.3 Å². The van der Waals surface area contributed by atoms with Gasteiger partial charge in [-0.3, -0.25) is 0 Å². The van der Waals surface area contributed by atoms with Crippen LogP contribution in [0.15, 0.2) is 28.7 Å². The van der Waals surface area contributed by atoms with E-state index in [1.807, 2.05) is 6.07 Å². The maximum Gasteiger partial charge on any atom is 0.262 e. The molecule has 0 saturated carbocycles. The molecule has 1 heterocycles. The van der Waals surface area contributed by atoms with Crippen molar-refractivity contribution in [3.63, 3.8) is 0 Å². The van der Waals surface area contributed by atoms with Crippen LogP contribution in [0.4, 0.5) is 0 Å². The first-order valence-corrected chi connectivity index (χ1v) is 6.50. The zero-order valence-electron chi connectivity index (χ0n) is 11.2. The molecular weight excluding hydrogens is 282 g/mol. The van der Waals surface area contributed by atoms with Gasteiger partial charge in [0.1, 0.15) is 11.5 Å². The molecule has 0 aliphatic heterocycles. The van der Waals surface area contributed by atoms with Gasteiger partial charge >= 0.3 is 0 Å². The van der Waals surface area contributed by atoms with Gasteiger partial charge < -0.3 is 14.0 Å². The molecule has 7 nitrogen and oxygen atoms in total. The minimum Gasteiger partial charge on any atom is -0.497 e. The Balaban J connectivity index is 2.62. The second kappa shape index (κ2) is 5.74. The van der Waals surface area contributed by atoms with Crippen molar-refractivity contribution in [1.82, 2.24) is 4.57 Å². The number of hydrogen-bond donors (Lipinski definition) is 0. The summed E-state index contributed by atoms with van der Waals surface area (Å²) >= 11 is 1.19. The van der Waals surface area contributed by atoms with Crippen LogP contribution >= 0.6 is 11.3 Å². The molecule has 2 rings (SSSR count). The van der Waals surface area contributed by atoms with Gasteiger partial charge in [0.2, 0.25) is 0 Å². The summed E-state index contributed by atoms with van der Waals surface area (Å²) in [6.07, 6.45) is 0. The fourth-order valence-corrected chi connectivity index (χ4v) is 2.66. The predicted molar refractivity (Wildman–Crippen MR) is 74.4 cm³/mol. The molecule has 8 heteroatoms. The fourth-order valence-electron chi connectivity index (χ4n) is 1.79. The zero-order chi connectivity index (χ0) is 14.7. The molecule has 0 atom stereocenters. The minimum atomic E-state index is -0.710. The Hall–Kier alpha value is -2.35. The molecular formula is C12H13N3O4S. The summed E-state index contributed by atoms with van der Waals surface area (Å²) in [5.41, 5.74) is 1.56. The van der Waals surface area contributed by atoms with Crippen LogP contribution in [0.3, 0.4) is 0 Å². The van der Waals surface area contributed by atoms with Crippen molar-refractivity contribution in [1.29, 1.82) is 0 Å². The molecule has 0 spiro atoms. The van der Waals surface area contributed by atoms with Gasteiger partial charge in [-0.2, -0.15) is 0 Å². The van der Waals surface area contributed by atoms with E-state index >= 15 is 0 Å².